The second-order valence-corrected chi connectivity index (χ2v) is 3.26. The van der Waals surface area contributed by atoms with Crippen LogP contribution < -0.4 is 4.74 Å². The Hall–Kier alpha value is -1.57. The highest BCUT2D eigenvalue weighted by atomic mass is 16.5. The second-order valence-electron chi connectivity index (χ2n) is 3.26. The van der Waals surface area contributed by atoms with E-state index in [1.165, 1.54) is 0 Å². The summed E-state index contributed by atoms with van der Waals surface area (Å²) in [6.07, 6.45) is 3.96. The molecule has 0 spiro atoms. The van der Waals surface area contributed by atoms with Crippen LogP contribution in [0.25, 0.3) is 0 Å². The van der Waals surface area contributed by atoms with Gasteiger partial charge in [0.1, 0.15) is 5.75 Å². The lowest BCUT2D eigenvalue weighted by molar-refractivity contribution is 0.411. The van der Waals surface area contributed by atoms with Crippen LogP contribution in [-0.4, -0.2) is 19.9 Å². The Morgan fingerprint density at radius 2 is 2.13 bits per heavy atom. The highest BCUT2D eigenvalue weighted by Gasteiger charge is 2.08. The minimum absolute atomic E-state index is 0.899. The Bertz CT molecular complexity index is 392. The van der Waals surface area contributed by atoms with Crippen LogP contribution in [-0.2, 0) is 0 Å². The van der Waals surface area contributed by atoms with Crippen molar-refractivity contribution in [1.29, 1.82) is 0 Å². The number of ether oxygens (including phenoxy) is 1. The van der Waals surface area contributed by atoms with Gasteiger partial charge in [-0.1, -0.05) is 18.2 Å². The molecule has 0 fully saturated rings. The van der Waals surface area contributed by atoms with Gasteiger partial charge in [-0.3, -0.25) is 4.99 Å². The molecule has 0 aliphatic heterocycles. The second kappa shape index (κ2) is 5.35. The van der Waals surface area contributed by atoms with Gasteiger partial charge in [-0.2, -0.15) is 0 Å². The summed E-state index contributed by atoms with van der Waals surface area (Å²) in [6.45, 7) is 4.01. The van der Waals surface area contributed by atoms with Crippen molar-refractivity contribution in [2.24, 2.45) is 4.99 Å². The summed E-state index contributed by atoms with van der Waals surface area (Å²) in [5, 5.41) is 0. The van der Waals surface area contributed by atoms with Gasteiger partial charge >= 0.3 is 0 Å². The Morgan fingerprint density at radius 1 is 1.40 bits per heavy atom. The minimum Gasteiger partial charge on any atom is -0.496 e. The van der Waals surface area contributed by atoms with E-state index in [1.54, 1.807) is 14.2 Å². The summed E-state index contributed by atoms with van der Waals surface area (Å²) >= 11 is 0. The molecule has 0 N–H and O–H groups in total. The molecule has 0 amide bonds. The van der Waals surface area contributed by atoms with Crippen molar-refractivity contribution in [3.63, 3.8) is 0 Å². The van der Waals surface area contributed by atoms with E-state index in [1.807, 2.05) is 44.2 Å². The average Bonchev–Trinajstić information content (AvgIpc) is 2.25. The third-order valence-electron chi connectivity index (χ3n) is 2.26. The summed E-state index contributed by atoms with van der Waals surface area (Å²) < 4.78 is 5.39. The van der Waals surface area contributed by atoms with Crippen molar-refractivity contribution in [2.75, 3.05) is 14.2 Å². The number of aliphatic imine (C=N–C) groups is 1. The number of rotatable bonds is 3. The van der Waals surface area contributed by atoms with Gasteiger partial charge in [0.2, 0.25) is 0 Å². The van der Waals surface area contributed by atoms with Gasteiger partial charge in [0.25, 0.3) is 0 Å². The Kier molecular flexibility index (Phi) is 4.10. The number of nitrogens with zero attached hydrogens (tertiary/aromatic N) is 1. The molecule has 0 atom stereocenters. The molecule has 0 unspecified atom stereocenters. The quantitative estimate of drug-likeness (QED) is 0.692. The van der Waals surface area contributed by atoms with Crippen LogP contribution in [0, 0.1) is 6.92 Å². The van der Waals surface area contributed by atoms with Gasteiger partial charge in [0.15, 0.2) is 0 Å². The molecule has 1 rings (SSSR count). The highest BCUT2D eigenvalue weighted by Crippen LogP contribution is 2.23. The van der Waals surface area contributed by atoms with Crippen molar-refractivity contribution < 1.29 is 4.74 Å². The lowest BCUT2D eigenvalue weighted by Gasteiger charge is -2.10. The molecule has 0 bridgehead atoms. The molecule has 1 aromatic rings. The van der Waals surface area contributed by atoms with Gasteiger partial charge in [0.05, 0.1) is 12.8 Å². The Morgan fingerprint density at radius 3 is 2.67 bits per heavy atom. The first kappa shape index (κ1) is 11.5. The van der Waals surface area contributed by atoms with E-state index in [0.29, 0.717) is 0 Å². The van der Waals surface area contributed by atoms with E-state index in [0.717, 1.165) is 22.6 Å². The van der Waals surface area contributed by atoms with E-state index in [4.69, 9.17) is 4.74 Å². The summed E-state index contributed by atoms with van der Waals surface area (Å²) in [7, 11) is 3.48. The lowest BCUT2D eigenvalue weighted by Crippen LogP contribution is -2.01. The molecule has 0 radical (unpaired) electrons. The predicted octanol–water partition coefficient (Wildman–Crippen LogP) is 3.00. The normalized spacial score (nSPS) is 12.1. The molecule has 2 heteroatoms. The van der Waals surface area contributed by atoms with Crippen molar-refractivity contribution in [2.45, 2.75) is 13.8 Å². The van der Waals surface area contributed by atoms with Crippen molar-refractivity contribution >= 4 is 5.71 Å². The molecule has 0 aliphatic rings. The third kappa shape index (κ3) is 2.46. The van der Waals surface area contributed by atoms with Crippen LogP contribution >= 0.6 is 0 Å². The van der Waals surface area contributed by atoms with Gasteiger partial charge in [0, 0.05) is 12.6 Å². The smallest absolute Gasteiger partial charge is 0.131 e. The van der Waals surface area contributed by atoms with Crippen LogP contribution in [0.5, 0.6) is 5.75 Å². The molecule has 1 aromatic carbocycles. The Labute approximate surface area is 91.3 Å². The molecular formula is C13H17NO. The zero-order chi connectivity index (χ0) is 11.3. The van der Waals surface area contributed by atoms with Crippen LogP contribution in [0.2, 0.25) is 0 Å². The van der Waals surface area contributed by atoms with E-state index in [9.17, 15) is 0 Å². The summed E-state index contributed by atoms with van der Waals surface area (Å²) in [5.74, 6) is 0.899. The fourth-order valence-corrected chi connectivity index (χ4v) is 1.57. The van der Waals surface area contributed by atoms with E-state index < -0.39 is 0 Å². The lowest BCUT2D eigenvalue weighted by atomic mass is 10.0. The topological polar surface area (TPSA) is 21.6 Å². The fraction of sp³-hybridized carbons (Fsp3) is 0.308. The maximum atomic E-state index is 5.39. The molecule has 0 saturated heterocycles. The van der Waals surface area contributed by atoms with Crippen molar-refractivity contribution in [1.82, 2.24) is 0 Å². The van der Waals surface area contributed by atoms with Crippen molar-refractivity contribution in [3.05, 3.63) is 41.5 Å². The van der Waals surface area contributed by atoms with E-state index >= 15 is 0 Å². The van der Waals surface area contributed by atoms with E-state index in [2.05, 4.69) is 4.99 Å². The summed E-state index contributed by atoms with van der Waals surface area (Å²) in [4.78, 5) is 4.25. The van der Waals surface area contributed by atoms with Gasteiger partial charge < -0.3 is 4.74 Å². The third-order valence-corrected chi connectivity index (χ3v) is 2.26. The first-order valence-electron chi connectivity index (χ1n) is 4.98. The first-order chi connectivity index (χ1) is 7.24. The molecule has 0 aromatic heterocycles. The van der Waals surface area contributed by atoms with Crippen LogP contribution in [0.15, 0.2) is 35.3 Å². The fourth-order valence-electron chi connectivity index (χ4n) is 1.57. The zero-order valence-corrected chi connectivity index (χ0v) is 9.74. The molecule has 0 aliphatic carbocycles. The monoisotopic (exact) mass is 203 g/mol. The average molecular weight is 203 g/mol. The van der Waals surface area contributed by atoms with Crippen molar-refractivity contribution in [3.8, 4) is 5.75 Å². The molecular weight excluding hydrogens is 186 g/mol. The number of aryl methyl sites for hydroxylation is 1. The first-order valence-corrected chi connectivity index (χ1v) is 4.98. The minimum atomic E-state index is 0.899. The van der Waals surface area contributed by atoms with Gasteiger partial charge in [-0.05, 0) is 31.6 Å². The number of hydrogen-bond acceptors (Lipinski definition) is 2. The number of para-hydroxylation sites is 1. The number of allylic oxidation sites excluding steroid dienone is 2. The van der Waals surface area contributed by atoms with Crippen LogP contribution in [0.1, 0.15) is 18.1 Å². The molecule has 15 heavy (non-hydrogen) atoms. The van der Waals surface area contributed by atoms with Crippen LogP contribution in [0.3, 0.4) is 0 Å². The number of hydrogen-bond donors (Lipinski definition) is 0. The standard InChI is InChI=1S/C13H17NO/c1-5-7-12(14-3)11-9-6-8-10(2)13(11)15-4/h5-9H,1-4H3/b7-5-,14-12?. The maximum absolute atomic E-state index is 5.39. The number of benzene rings is 1. The molecule has 80 valence electrons. The highest BCUT2D eigenvalue weighted by molar-refractivity contribution is 6.10. The van der Waals surface area contributed by atoms with Gasteiger partial charge in [-0.15, -0.1) is 0 Å². The Balaban J connectivity index is 3.29. The SMILES string of the molecule is C/C=C\C(=NC)c1cccc(C)c1OC. The summed E-state index contributed by atoms with van der Waals surface area (Å²) in [6, 6.07) is 6.07. The zero-order valence-electron chi connectivity index (χ0n) is 9.74. The predicted molar refractivity (Wildman–Crippen MR) is 65.0 cm³/mol. The largest absolute Gasteiger partial charge is 0.496 e. The molecule has 2 nitrogen and oxygen atoms in total. The number of methoxy groups -OCH3 is 1. The van der Waals surface area contributed by atoms with Gasteiger partial charge in [-0.25, -0.2) is 0 Å². The molecule has 0 heterocycles. The maximum Gasteiger partial charge on any atom is 0.131 e. The van der Waals surface area contributed by atoms with E-state index in [-0.39, 0.29) is 0 Å². The molecule has 0 saturated carbocycles. The van der Waals surface area contributed by atoms with Crippen LogP contribution in [0.4, 0.5) is 0 Å². The summed E-state index contributed by atoms with van der Waals surface area (Å²) in [5.41, 5.74) is 3.11.